The molecule has 1 aromatic carbocycles. The van der Waals surface area contributed by atoms with Gasteiger partial charge in [-0.1, -0.05) is 18.2 Å². The predicted molar refractivity (Wildman–Crippen MR) is 138 cm³/mol. The molecular formula is C27H34N4O4S. The van der Waals surface area contributed by atoms with E-state index in [9.17, 15) is 9.59 Å². The summed E-state index contributed by atoms with van der Waals surface area (Å²) in [5.74, 6) is 1.64. The van der Waals surface area contributed by atoms with Gasteiger partial charge in [0.05, 0.1) is 12.1 Å². The summed E-state index contributed by atoms with van der Waals surface area (Å²) in [4.78, 5) is 37.7. The topological polar surface area (TPSA) is 84.0 Å². The number of methoxy groups -OCH3 is 1. The number of benzene rings is 1. The fraction of sp³-hybridized carbons (Fsp3) is 0.519. The van der Waals surface area contributed by atoms with Crippen LogP contribution in [-0.2, 0) is 11.4 Å². The van der Waals surface area contributed by atoms with Crippen LogP contribution in [0.15, 0.2) is 41.4 Å². The average Bonchev–Trinajstić information content (AvgIpc) is 3.42. The molecule has 2 amide bonds. The highest BCUT2D eigenvalue weighted by Gasteiger charge is 2.32. The molecule has 0 radical (unpaired) electrons. The average molecular weight is 511 g/mol. The molecule has 1 aliphatic carbocycles. The van der Waals surface area contributed by atoms with Crippen molar-refractivity contribution in [3.8, 4) is 5.75 Å². The maximum Gasteiger partial charge on any atom is 0.426 e. The van der Waals surface area contributed by atoms with Gasteiger partial charge in [0.2, 0.25) is 0 Å². The molecule has 36 heavy (non-hydrogen) atoms. The van der Waals surface area contributed by atoms with Gasteiger partial charge in [0.15, 0.2) is 0 Å². The standard InChI is InChI=1S/C27H34N4O4S/c1-34-22-10-8-19(9-11-22)17-28-27(33)35-30-15-12-21(13-16-30)25-29-23(18-36-25)26(32)31-14-4-6-20-5-2-3-7-24(20)31/h7-11,18,20-21H,2-6,12-17H2,1H3,(H,28,33). The van der Waals surface area contributed by atoms with Crippen molar-refractivity contribution in [2.45, 2.75) is 57.4 Å². The lowest BCUT2D eigenvalue weighted by molar-refractivity contribution is -0.113. The number of thiazole rings is 1. The second-order valence-electron chi connectivity index (χ2n) is 9.71. The molecule has 1 aromatic heterocycles. The first kappa shape index (κ1) is 24.8. The summed E-state index contributed by atoms with van der Waals surface area (Å²) >= 11 is 1.58. The molecule has 3 heterocycles. The Labute approximate surface area is 216 Å². The summed E-state index contributed by atoms with van der Waals surface area (Å²) in [6, 6.07) is 7.54. The van der Waals surface area contributed by atoms with Crippen LogP contribution in [0.3, 0.4) is 0 Å². The minimum Gasteiger partial charge on any atom is -0.497 e. The van der Waals surface area contributed by atoms with Crippen molar-refractivity contribution in [1.82, 2.24) is 20.3 Å². The first-order chi connectivity index (χ1) is 17.6. The van der Waals surface area contributed by atoms with E-state index in [4.69, 9.17) is 14.6 Å². The zero-order valence-corrected chi connectivity index (χ0v) is 21.6. The molecule has 2 aliphatic heterocycles. The largest absolute Gasteiger partial charge is 0.497 e. The Morgan fingerprint density at radius 1 is 1.06 bits per heavy atom. The highest BCUT2D eigenvalue weighted by molar-refractivity contribution is 7.09. The van der Waals surface area contributed by atoms with Gasteiger partial charge in [-0.05, 0) is 68.6 Å². The van der Waals surface area contributed by atoms with Gasteiger partial charge in [-0.3, -0.25) is 4.79 Å². The first-order valence-electron chi connectivity index (χ1n) is 12.9. The Morgan fingerprint density at radius 2 is 1.83 bits per heavy atom. The van der Waals surface area contributed by atoms with Crippen molar-refractivity contribution in [3.63, 3.8) is 0 Å². The van der Waals surface area contributed by atoms with Gasteiger partial charge >= 0.3 is 6.09 Å². The van der Waals surface area contributed by atoms with Crippen molar-refractivity contribution in [2.24, 2.45) is 5.92 Å². The van der Waals surface area contributed by atoms with Crippen molar-refractivity contribution in [3.05, 3.63) is 57.7 Å². The highest BCUT2D eigenvalue weighted by atomic mass is 32.1. The van der Waals surface area contributed by atoms with Gasteiger partial charge in [0.25, 0.3) is 5.91 Å². The number of nitrogens with zero attached hydrogens (tertiary/aromatic N) is 3. The van der Waals surface area contributed by atoms with Gasteiger partial charge in [-0.25, -0.2) is 9.78 Å². The Balaban J connectivity index is 1.09. The molecule has 2 saturated heterocycles. The summed E-state index contributed by atoms with van der Waals surface area (Å²) in [6.07, 6.45) is 9.23. The fourth-order valence-corrected chi connectivity index (χ4v) is 6.33. The zero-order valence-electron chi connectivity index (χ0n) is 20.8. The number of carbonyl (C=O) groups is 2. The number of fused-ring (bicyclic) bond motifs is 1. The monoisotopic (exact) mass is 510 g/mol. The Bertz CT molecular complexity index is 1090. The molecule has 1 atom stereocenters. The van der Waals surface area contributed by atoms with Crippen LogP contribution in [0.25, 0.3) is 0 Å². The number of piperidine rings is 2. The van der Waals surface area contributed by atoms with E-state index in [-0.39, 0.29) is 11.8 Å². The van der Waals surface area contributed by atoms with E-state index in [0.29, 0.717) is 31.2 Å². The summed E-state index contributed by atoms with van der Waals surface area (Å²) in [6.45, 7) is 2.47. The predicted octanol–water partition coefficient (Wildman–Crippen LogP) is 5.09. The number of carbonyl (C=O) groups excluding carboxylic acids is 2. The van der Waals surface area contributed by atoms with Crippen LogP contribution in [0.5, 0.6) is 5.75 Å². The maximum atomic E-state index is 13.3. The van der Waals surface area contributed by atoms with Crippen LogP contribution in [-0.4, -0.2) is 53.7 Å². The van der Waals surface area contributed by atoms with Gasteiger partial charge in [0.1, 0.15) is 11.4 Å². The number of amides is 2. The summed E-state index contributed by atoms with van der Waals surface area (Å²) in [5.41, 5.74) is 2.77. The molecule has 1 N–H and O–H groups in total. The number of hydrogen-bond acceptors (Lipinski definition) is 7. The lowest BCUT2D eigenvalue weighted by Crippen LogP contribution is -2.39. The second-order valence-corrected chi connectivity index (χ2v) is 10.6. The molecular weight excluding hydrogens is 476 g/mol. The van der Waals surface area contributed by atoms with Crippen LogP contribution >= 0.6 is 11.3 Å². The van der Waals surface area contributed by atoms with Crippen LogP contribution < -0.4 is 10.1 Å². The van der Waals surface area contributed by atoms with Gasteiger partial charge in [-0.2, -0.15) is 0 Å². The Morgan fingerprint density at radius 3 is 2.61 bits per heavy atom. The first-order valence-corrected chi connectivity index (χ1v) is 13.8. The molecule has 1 unspecified atom stereocenters. The summed E-state index contributed by atoms with van der Waals surface area (Å²) in [5, 5.41) is 7.43. The third kappa shape index (κ3) is 5.73. The number of hydrogen-bond donors (Lipinski definition) is 1. The third-order valence-electron chi connectivity index (χ3n) is 7.37. The number of hydroxylamine groups is 2. The molecule has 0 saturated carbocycles. The van der Waals surface area contributed by atoms with Crippen molar-refractivity contribution < 1.29 is 19.2 Å². The molecule has 2 aromatic rings. The minimum absolute atomic E-state index is 0.0460. The van der Waals surface area contributed by atoms with Gasteiger partial charge < -0.3 is 19.8 Å². The number of ether oxygens (including phenoxy) is 1. The number of nitrogens with one attached hydrogen (secondary N) is 1. The zero-order chi connectivity index (χ0) is 24.9. The Hall–Kier alpha value is -2.91. The second kappa shape index (κ2) is 11.4. The normalized spacial score (nSPS) is 20.9. The molecule has 0 bridgehead atoms. The lowest BCUT2D eigenvalue weighted by Gasteiger charge is -2.37. The fourth-order valence-electron chi connectivity index (χ4n) is 5.37. The van der Waals surface area contributed by atoms with E-state index in [1.807, 2.05) is 34.5 Å². The summed E-state index contributed by atoms with van der Waals surface area (Å²) < 4.78 is 5.15. The number of aromatic nitrogens is 1. The van der Waals surface area contributed by atoms with E-state index in [1.54, 1.807) is 23.5 Å². The van der Waals surface area contributed by atoms with Crippen molar-refractivity contribution >= 4 is 23.3 Å². The maximum absolute atomic E-state index is 13.3. The molecule has 8 nitrogen and oxygen atoms in total. The van der Waals surface area contributed by atoms with Crippen molar-refractivity contribution in [2.75, 3.05) is 26.7 Å². The highest BCUT2D eigenvalue weighted by Crippen LogP contribution is 2.36. The number of rotatable bonds is 6. The van der Waals surface area contributed by atoms with E-state index in [1.165, 1.54) is 25.0 Å². The molecule has 3 aliphatic rings. The molecule has 0 spiro atoms. The van der Waals surface area contributed by atoms with Crippen LogP contribution in [0.4, 0.5) is 4.79 Å². The van der Waals surface area contributed by atoms with Crippen LogP contribution in [0, 0.1) is 5.92 Å². The molecule has 9 heteroatoms. The lowest BCUT2D eigenvalue weighted by atomic mass is 9.85. The molecule has 5 rings (SSSR count). The molecule has 192 valence electrons. The van der Waals surface area contributed by atoms with E-state index < -0.39 is 6.09 Å². The quantitative estimate of drug-likeness (QED) is 0.583. The van der Waals surface area contributed by atoms with Crippen molar-refractivity contribution in [1.29, 1.82) is 0 Å². The number of allylic oxidation sites excluding steroid dienone is 2. The molecule has 2 fully saturated rings. The Kier molecular flexibility index (Phi) is 7.87. The van der Waals surface area contributed by atoms with Gasteiger partial charge in [-0.15, -0.1) is 16.4 Å². The SMILES string of the molecule is COc1ccc(CNC(=O)ON2CCC(c3nc(C(=O)N4CCCC5CCCC=C54)cs3)CC2)cc1. The van der Waals surface area contributed by atoms with E-state index >= 15 is 0 Å². The van der Waals surface area contributed by atoms with E-state index in [2.05, 4.69) is 11.4 Å². The minimum atomic E-state index is -0.455. The van der Waals surface area contributed by atoms with E-state index in [0.717, 1.165) is 48.5 Å². The van der Waals surface area contributed by atoms with Crippen LogP contribution in [0.1, 0.15) is 71.9 Å². The third-order valence-corrected chi connectivity index (χ3v) is 8.38. The smallest absolute Gasteiger partial charge is 0.426 e. The van der Waals surface area contributed by atoms with Crippen LogP contribution in [0.2, 0.25) is 0 Å². The van der Waals surface area contributed by atoms with Gasteiger partial charge in [0, 0.05) is 43.2 Å². The number of likely N-dealkylation sites (tertiary alicyclic amines) is 1. The summed E-state index contributed by atoms with van der Waals surface area (Å²) in [7, 11) is 1.62.